The number of carbonyl (C=O) groups is 1. The smallest absolute Gasteiger partial charge is 0.315 e. The lowest BCUT2D eigenvalue weighted by molar-refractivity contribution is 0.111. The summed E-state index contributed by atoms with van der Waals surface area (Å²) in [5.41, 5.74) is 0. The molecule has 1 aliphatic rings. The van der Waals surface area contributed by atoms with Crippen molar-refractivity contribution in [1.29, 1.82) is 0 Å². The Hall–Kier alpha value is -0.590. The number of rotatable bonds is 4. The number of hydrogen-bond acceptors (Lipinski definition) is 3. The molecule has 0 bridgehead atoms. The minimum Gasteiger partial charge on any atom is -0.376 e. The van der Waals surface area contributed by atoms with E-state index in [0.29, 0.717) is 13.1 Å². The SMILES string of the molecule is O=C(NCc1ccc(Br)s1)NCC1CCCO1. The molecular formula is C11H15BrN2O2S. The molecule has 94 valence electrons. The van der Waals surface area contributed by atoms with E-state index in [1.165, 1.54) is 0 Å². The molecule has 1 atom stereocenters. The Morgan fingerprint density at radius 3 is 3.06 bits per heavy atom. The third kappa shape index (κ3) is 4.29. The molecule has 1 unspecified atom stereocenters. The van der Waals surface area contributed by atoms with Crippen molar-refractivity contribution in [3.05, 3.63) is 20.8 Å². The van der Waals surface area contributed by atoms with E-state index in [-0.39, 0.29) is 12.1 Å². The normalized spacial score (nSPS) is 19.2. The van der Waals surface area contributed by atoms with Crippen LogP contribution in [-0.2, 0) is 11.3 Å². The Balaban J connectivity index is 1.63. The number of hydrogen-bond donors (Lipinski definition) is 2. The highest BCUT2D eigenvalue weighted by Gasteiger charge is 2.15. The maximum absolute atomic E-state index is 11.5. The van der Waals surface area contributed by atoms with Crippen molar-refractivity contribution in [3.63, 3.8) is 0 Å². The van der Waals surface area contributed by atoms with Crippen molar-refractivity contribution in [2.24, 2.45) is 0 Å². The highest BCUT2D eigenvalue weighted by Crippen LogP contribution is 2.21. The van der Waals surface area contributed by atoms with Gasteiger partial charge in [0, 0.05) is 18.0 Å². The lowest BCUT2D eigenvalue weighted by Gasteiger charge is -2.11. The van der Waals surface area contributed by atoms with Gasteiger partial charge in [-0.2, -0.15) is 0 Å². The van der Waals surface area contributed by atoms with Gasteiger partial charge in [0.25, 0.3) is 0 Å². The fourth-order valence-electron chi connectivity index (χ4n) is 1.69. The molecule has 17 heavy (non-hydrogen) atoms. The summed E-state index contributed by atoms with van der Waals surface area (Å²) in [6.45, 7) is 1.98. The fourth-order valence-corrected chi connectivity index (χ4v) is 3.11. The Labute approximate surface area is 113 Å². The van der Waals surface area contributed by atoms with E-state index < -0.39 is 0 Å². The predicted molar refractivity (Wildman–Crippen MR) is 71.2 cm³/mol. The van der Waals surface area contributed by atoms with Crippen LogP contribution in [0.1, 0.15) is 17.7 Å². The number of nitrogens with one attached hydrogen (secondary N) is 2. The van der Waals surface area contributed by atoms with Crippen molar-refractivity contribution in [1.82, 2.24) is 10.6 Å². The van der Waals surface area contributed by atoms with Crippen LogP contribution in [0.3, 0.4) is 0 Å². The van der Waals surface area contributed by atoms with Gasteiger partial charge in [0.2, 0.25) is 0 Å². The molecule has 4 nitrogen and oxygen atoms in total. The highest BCUT2D eigenvalue weighted by atomic mass is 79.9. The second-order valence-corrected chi connectivity index (χ2v) is 6.45. The summed E-state index contributed by atoms with van der Waals surface area (Å²) in [4.78, 5) is 12.6. The third-order valence-electron chi connectivity index (χ3n) is 2.57. The lowest BCUT2D eigenvalue weighted by atomic mass is 10.2. The molecular weight excluding hydrogens is 304 g/mol. The van der Waals surface area contributed by atoms with Gasteiger partial charge in [0.15, 0.2) is 0 Å². The molecule has 6 heteroatoms. The topological polar surface area (TPSA) is 50.4 Å². The van der Waals surface area contributed by atoms with Gasteiger partial charge in [-0.25, -0.2) is 4.79 Å². The maximum atomic E-state index is 11.5. The summed E-state index contributed by atoms with van der Waals surface area (Å²) < 4.78 is 6.50. The summed E-state index contributed by atoms with van der Waals surface area (Å²) in [6, 6.07) is 3.84. The highest BCUT2D eigenvalue weighted by molar-refractivity contribution is 9.11. The van der Waals surface area contributed by atoms with Crippen LogP contribution in [0.2, 0.25) is 0 Å². The molecule has 1 saturated heterocycles. The number of amides is 2. The zero-order chi connectivity index (χ0) is 12.1. The van der Waals surface area contributed by atoms with E-state index >= 15 is 0 Å². The zero-order valence-corrected chi connectivity index (χ0v) is 11.8. The van der Waals surface area contributed by atoms with Crippen LogP contribution in [0.4, 0.5) is 4.79 Å². The van der Waals surface area contributed by atoms with Gasteiger partial charge in [-0.3, -0.25) is 0 Å². The largest absolute Gasteiger partial charge is 0.376 e. The van der Waals surface area contributed by atoms with E-state index in [1.807, 2.05) is 12.1 Å². The summed E-state index contributed by atoms with van der Waals surface area (Å²) >= 11 is 5.01. The second kappa shape index (κ2) is 6.37. The molecule has 0 saturated carbocycles. The minimum absolute atomic E-state index is 0.134. The Morgan fingerprint density at radius 2 is 2.41 bits per heavy atom. The van der Waals surface area contributed by atoms with Crippen LogP contribution in [0, 0.1) is 0 Å². The average Bonchev–Trinajstić information content (AvgIpc) is 2.95. The molecule has 2 heterocycles. The fraction of sp³-hybridized carbons (Fsp3) is 0.545. The van der Waals surface area contributed by atoms with E-state index in [9.17, 15) is 4.79 Å². The molecule has 1 aromatic rings. The monoisotopic (exact) mass is 318 g/mol. The molecule has 2 rings (SSSR count). The number of halogens is 1. The van der Waals surface area contributed by atoms with E-state index in [4.69, 9.17) is 4.74 Å². The first-order valence-corrected chi connectivity index (χ1v) is 7.22. The molecule has 2 amide bonds. The first-order chi connectivity index (χ1) is 8.24. The molecule has 0 spiro atoms. The van der Waals surface area contributed by atoms with Crippen molar-refractivity contribution in [2.45, 2.75) is 25.5 Å². The summed E-state index contributed by atoms with van der Waals surface area (Å²) in [5.74, 6) is 0. The molecule has 1 aromatic heterocycles. The predicted octanol–water partition coefficient (Wildman–Crippen LogP) is 2.49. The quantitative estimate of drug-likeness (QED) is 0.896. The second-order valence-electron chi connectivity index (χ2n) is 3.90. The Morgan fingerprint density at radius 1 is 1.53 bits per heavy atom. The van der Waals surface area contributed by atoms with Crippen LogP contribution in [0.25, 0.3) is 0 Å². The number of thiophene rings is 1. The van der Waals surface area contributed by atoms with Crippen molar-refractivity contribution >= 4 is 33.3 Å². The standard InChI is InChI=1S/C11H15BrN2O2S/c12-10-4-3-9(17-10)7-14-11(15)13-6-8-2-1-5-16-8/h3-4,8H,1-2,5-7H2,(H2,13,14,15). The molecule has 1 fully saturated rings. The van der Waals surface area contributed by atoms with Gasteiger partial charge in [-0.1, -0.05) is 0 Å². The third-order valence-corrected chi connectivity index (χ3v) is 4.19. The maximum Gasteiger partial charge on any atom is 0.315 e. The zero-order valence-electron chi connectivity index (χ0n) is 9.37. The van der Waals surface area contributed by atoms with Crippen LogP contribution in [0.5, 0.6) is 0 Å². The van der Waals surface area contributed by atoms with Gasteiger partial charge in [0.05, 0.1) is 16.4 Å². The van der Waals surface area contributed by atoms with Gasteiger partial charge in [-0.15, -0.1) is 11.3 Å². The van der Waals surface area contributed by atoms with Crippen LogP contribution in [-0.4, -0.2) is 25.3 Å². The first kappa shape index (κ1) is 12.9. The van der Waals surface area contributed by atoms with Crippen LogP contribution >= 0.6 is 27.3 Å². The van der Waals surface area contributed by atoms with E-state index in [2.05, 4.69) is 26.6 Å². The summed E-state index contributed by atoms with van der Waals surface area (Å²) in [7, 11) is 0. The van der Waals surface area contributed by atoms with Crippen molar-refractivity contribution in [3.8, 4) is 0 Å². The van der Waals surface area contributed by atoms with Crippen LogP contribution < -0.4 is 10.6 Å². The van der Waals surface area contributed by atoms with Gasteiger partial charge in [-0.05, 0) is 40.9 Å². The molecule has 2 N–H and O–H groups in total. The number of ether oxygens (including phenoxy) is 1. The molecule has 0 radical (unpaired) electrons. The first-order valence-electron chi connectivity index (χ1n) is 5.61. The molecule has 0 aromatic carbocycles. The molecule has 1 aliphatic heterocycles. The molecule has 0 aliphatic carbocycles. The Bertz CT molecular complexity index is 377. The summed E-state index contributed by atoms with van der Waals surface area (Å²) in [5, 5.41) is 5.64. The minimum atomic E-state index is -0.134. The van der Waals surface area contributed by atoms with Gasteiger partial charge >= 0.3 is 6.03 Å². The lowest BCUT2D eigenvalue weighted by Crippen LogP contribution is -2.39. The van der Waals surface area contributed by atoms with Crippen LogP contribution in [0.15, 0.2) is 15.9 Å². The van der Waals surface area contributed by atoms with E-state index in [1.54, 1.807) is 11.3 Å². The number of urea groups is 1. The average molecular weight is 319 g/mol. The van der Waals surface area contributed by atoms with Crippen molar-refractivity contribution in [2.75, 3.05) is 13.2 Å². The van der Waals surface area contributed by atoms with E-state index in [0.717, 1.165) is 28.1 Å². The Kier molecular flexibility index (Phi) is 4.82. The summed E-state index contributed by atoms with van der Waals surface area (Å²) in [6.07, 6.45) is 2.33. The van der Waals surface area contributed by atoms with Gasteiger partial charge in [0.1, 0.15) is 0 Å². The number of carbonyl (C=O) groups excluding carboxylic acids is 1. The van der Waals surface area contributed by atoms with Gasteiger partial charge < -0.3 is 15.4 Å². The van der Waals surface area contributed by atoms with Crippen molar-refractivity contribution < 1.29 is 9.53 Å².